The van der Waals surface area contributed by atoms with E-state index in [9.17, 15) is 4.79 Å². The first-order chi connectivity index (χ1) is 9.70. The van der Waals surface area contributed by atoms with Crippen molar-refractivity contribution >= 4 is 11.6 Å². The lowest BCUT2D eigenvalue weighted by atomic mass is 10.1. The number of hydrogen-bond donors (Lipinski definition) is 2. The monoisotopic (exact) mass is 265 g/mol. The van der Waals surface area contributed by atoms with Gasteiger partial charge < -0.3 is 10.4 Å². The summed E-state index contributed by atoms with van der Waals surface area (Å²) in [5, 5.41) is 11.6. The Morgan fingerprint density at radius 2 is 1.95 bits per heavy atom. The number of aliphatic hydroxyl groups excluding tert-OH is 1. The molecule has 100 valence electrons. The lowest BCUT2D eigenvalue weighted by Gasteiger charge is -2.08. The fourth-order valence-corrected chi connectivity index (χ4v) is 1.79. The molecule has 0 aromatic heterocycles. The zero-order valence-corrected chi connectivity index (χ0v) is 11.2. The van der Waals surface area contributed by atoms with Crippen molar-refractivity contribution in [2.75, 3.05) is 11.9 Å². The summed E-state index contributed by atoms with van der Waals surface area (Å²) in [6, 6.07) is 14.6. The van der Waals surface area contributed by atoms with Crippen LogP contribution < -0.4 is 5.32 Å². The summed E-state index contributed by atoms with van der Waals surface area (Å²) in [5.74, 6) is 5.27. The number of aryl methyl sites for hydroxylation is 1. The quantitative estimate of drug-likeness (QED) is 0.820. The number of amides is 1. The largest absolute Gasteiger partial charge is 0.384 e. The average molecular weight is 265 g/mol. The predicted octanol–water partition coefficient (Wildman–Crippen LogP) is 2.59. The number of aliphatic hydroxyl groups is 1. The zero-order chi connectivity index (χ0) is 14.4. The lowest BCUT2D eigenvalue weighted by molar-refractivity contribution is 0.102. The molecule has 20 heavy (non-hydrogen) atoms. The van der Waals surface area contributed by atoms with E-state index in [0.717, 1.165) is 5.56 Å². The highest BCUT2D eigenvalue weighted by Crippen LogP contribution is 2.17. The fourth-order valence-electron chi connectivity index (χ4n) is 1.79. The van der Waals surface area contributed by atoms with Crippen molar-refractivity contribution in [1.82, 2.24) is 0 Å². The van der Waals surface area contributed by atoms with Crippen molar-refractivity contribution in [3.8, 4) is 11.8 Å². The van der Waals surface area contributed by atoms with E-state index in [0.29, 0.717) is 16.8 Å². The summed E-state index contributed by atoms with van der Waals surface area (Å²) < 4.78 is 0. The van der Waals surface area contributed by atoms with Crippen LogP contribution in [0.25, 0.3) is 0 Å². The Morgan fingerprint density at radius 1 is 1.20 bits per heavy atom. The van der Waals surface area contributed by atoms with Gasteiger partial charge in [0, 0.05) is 11.1 Å². The topological polar surface area (TPSA) is 49.3 Å². The minimum absolute atomic E-state index is 0.179. The molecule has 0 radical (unpaired) electrons. The van der Waals surface area contributed by atoms with Crippen LogP contribution >= 0.6 is 0 Å². The Hall–Kier alpha value is -2.57. The van der Waals surface area contributed by atoms with Crippen LogP contribution in [-0.2, 0) is 0 Å². The fraction of sp³-hybridized carbons (Fsp3) is 0.118. The first kappa shape index (κ1) is 13.9. The molecule has 2 aromatic carbocycles. The van der Waals surface area contributed by atoms with Gasteiger partial charge in [-0.25, -0.2) is 0 Å². The van der Waals surface area contributed by atoms with Crippen molar-refractivity contribution < 1.29 is 9.90 Å². The van der Waals surface area contributed by atoms with E-state index in [-0.39, 0.29) is 12.5 Å². The van der Waals surface area contributed by atoms with Crippen LogP contribution in [0.4, 0.5) is 5.69 Å². The van der Waals surface area contributed by atoms with Crippen LogP contribution in [0.1, 0.15) is 21.5 Å². The maximum atomic E-state index is 12.1. The highest BCUT2D eigenvalue weighted by atomic mass is 16.2. The smallest absolute Gasteiger partial charge is 0.255 e. The first-order valence-corrected chi connectivity index (χ1v) is 6.27. The number of nitrogens with one attached hydrogen (secondary N) is 1. The molecule has 0 aliphatic rings. The molecule has 2 rings (SSSR count). The third kappa shape index (κ3) is 3.47. The van der Waals surface area contributed by atoms with E-state index in [4.69, 9.17) is 5.11 Å². The van der Waals surface area contributed by atoms with Gasteiger partial charge in [0.15, 0.2) is 0 Å². The van der Waals surface area contributed by atoms with Gasteiger partial charge in [-0.1, -0.05) is 36.1 Å². The van der Waals surface area contributed by atoms with Crippen LogP contribution in [0.2, 0.25) is 0 Å². The minimum atomic E-state index is -0.208. The molecule has 0 atom stereocenters. The van der Waals surface area contributed by atoms with Crippen LogP contribution in [0.5, 0.6) is 0 Å². The third-order valence-corrected chi connectivity index (χ3v) is 2.76. The predicted molar refractivity (Wildman–Crippen MR) is 79.5 cm³/mol. The average Bonchev–Trinajstić information content (AvgIpc) is 2.48. The Kier molecular flexibility index (Phi) is 4.54. The van der Waals surface area contributed by atoms with Gasteiger partial charge in [0.1, 0.15) is 6.61 Å². The number of anilines is 1. The van der Waals surface area contributed by atoms with Gasteiger partial charge in [-0.05, 0) is 36.8 Å². The maximum Gasteiger partial charge on any atom is 0.255 e. The molecule has 0 saturated heterocycles. The molecule has 0 heterocycles. The second-order valence-electron chi connectivity index (χ2n) is 4.33. The minimum Gasteiger partial charge on any atom is -0.384 e. The van der Waals surface area contributed by atoms with Gasteiger partial charge in [-0.15, -0.1) is 0 Å². The zero-order valence-electron chi connectivity index (χ0n) is 11.2. The number of rotatable bonds is 2. The lowest BCUT2D eigenvalue weighted by Crippen LogP contribution is -2.12. The first-order valence-electron chi connectivity index (χ1n) is 6.27. The number of carbonyl (C=O) groups excluding carboxylic acids is 1. The van der Waals surface area contributed by atoms with E-state index in [2.05, 4.69) is 17.2 Å². The summed E-state index contributed by atoms with van der Waals surface area (Å²) in [6.07, 6.45) is 0. The molecule has 3 heteroatoms. The Balaban J connectivity index is 2.27. The van der Waals surface area contributed by atoms with Crippen LogP contribution in [-0.4, -0.2) is 17.6 Å². The summed E-state index contributed by atoms with van der Waals surface area (Å²) >= 11 is 0. The maximum absolute atomic E-state index is 12.1. The van der Waals surface area contributed by atoms with Crippen LogP contribution in [0.15, 0.2) is 48.5 Å². The van der Waals surface area contributed by atoms with Crippen LogP contribution in [0.3, 0.4) is 0 Å². The summed E-state index contributed by atoms with van der Waals surface area (Å²) in [5.41, 5.74) is 2.98. The normalized spacial score (nSPS) is 9.50. The van der Waals surface area contributed by atoms with E-state index in [1.54, 1.807) is 12.1 Å². The summed E-state index contributed by atoms with van der Waals surface area (Å²) in [7, 11) is 0. The molecular formula is C17H15NO2. The van der Waals surface area contributed by atoms with Gasteiger partial charge >= 0.3 is 0 Å². The molecule has 0 fully saturated rings. The molecule has 0 saturated carbocycles. The highest BCUT2D eigenvalue weighted by Gasteiger charge is 2.07. The Morgan fingerprint density at radius 3 is 2.65 bits per heavy atom. The third-order valence-electron chi connectivity index (χ3n) is 2.76. The van der Waals surface area contributed by atoms with Crippen molar-refractivity contribution in [3.63, 3.8) is 0 Å². The SMILES string of the molecule is Cc1ccc(NC(=O)c2ccccc2)c(C#CCO)c1. The van der Waals surface area contributed by atoms with Crippen molar-refractivity contribution in [1.29, 1.82) is 0 Å². The molecule has 2 aromatic rings. The van der Waals surface area contributed by atoms with Gasteiger partial charge in [0.25, 0.3) is 5.91 Å². The van der Waals surface area contributed by atoms with Gasteiger partial charge in [0.2, 0.25) is 0 Å². The molecule has 0 unspecified atom stereocenters. The van der Waals surface area contributed by atoms with E-state index < -0.39 is 0 Å². The highest BCUT2D eigenvalue weighted by molar-refractivity contribution is 6.04. The molecule has 0 aliphatic carbocycles. The van der Waals surface area contributed by atoms with Gasteiger partial charge in [-0.3, -0.25) is 4.79 Å². The number of carbonyl (C=O) groups is 1. The summed E-state index contributed by atoms with van der Waals surface area (Å²) in [4.78, 5) is 12.1. The van der Waals surface area contributed by atoms with E-state index in [1.807, 2.05) is 43.3 Å². The second-order valence-corrected chi connectivity index (χ2v) is 4.33. The Bertz CT molecular complexity index is 666. The van der Waals surface area contributed by atoms with Crippen molar-refractivity contribution in [3.05, 3.63) is 65.2 Å². The molecule has 0 aliphatic heterocycles. The summed E-state index contributed by atoms with van der Waals surface area (Å²) in [6.45, 7) is 1.74. The molecule has 1 amide bonds. The Labute approximate surface area is 118 Å². The molecule has 3 nitrogen and oxygen atoms in total. The standard InChI is InChI=1S/C17H15NO2/c1-13-9-10-16(15(12-13)8-5-11-19)18-17(20)14-6-3-2-4-7-14/h2-4,6-7,9-10,12,19H,11H2,1H3,(H,18,20). The second kappa shape index (κ2) is 6.55. The van der Waals surface area contributed by atoms with Crippen molar-refractivity contribution in [2.24, 2.45) is 0 Å². The molecule has 0 spiro atoms. The van der Waals surface area contributed by atoms with E-state index >= 15 is 0 Å². The van der Waals surface area contributed by atoms with Gasteiger partial charge in [0.05, 0.1) is 5.69 Å². The number of hydrogen-bond acceptors (Lipinski definition) is 2. The van der Waals surface area contributed by atoms with Crippen molar-refractivity contribution in [2.45, 2.75) is 6.92 Å². The molecule has 0 bridgehead atoms. The van der Waals surface area contributed by atoms with E-state index in [1.165, 1.54) is 0 Å². The molecule has 2 N–H and O–H groups in total. The van der Waals surface area contributed by atoms with Crippen LogP contribution in [0, 0.1) is 18.8 Å². The molecular weight excluding hydrogens is 250 g/mol. The van der Waals surface area contributed by atoms with Gasteiger partial charge in [-0.2, -0.15) is 0 Å². The number of benzene rings is 2.